The van der Waals surface area contributed by atoms with Crippen molar-refractivity contribution < 1.29 is 4.74 Å². The van der Waals surface area contributed by atoms with Crippen molar-refractivity contribution in [2.75, 3.05) is 20.3 Å². The van der Waals surface area contributed by atoms with Gasteiger partial charge in [-0.15, -0.1) is 0 Å². The molecular weight excluding hydrogens is 266 g/mol. The molecule has 0 spiro atoms. The number of rotatable bonds is 6. The van der Waals surface area contributed by atoms with Crippen LogP contribution >= 0.6 is 0 Å². The molecule has 1 N–H and O–H groups in total. The average molecular weight is 287 g/mol. The number of nitrogens with zero attached hydrogens (tertiary/aromatic N) is 4. The maximum absolute atomic E-state index is 5.00. The van der Waals surface area contributed by atoms with Crippen molar-refractivity contribution in [1.29, 1.82) is 0 Å². The van der Waals surface area contributed by atoms with Gasteiger partial charge in [0.25, 0.3) is 0 Å². The molecule has 21 heavy (non-hydrogen) atoms. The number of aryl methyl sites for hydroxylation is 1. The monoisotopic (exact) mass is 287 g/mol. The molecule has 6 nitrogen and oxygen atoms in total. The third-order valence-electron chi connectivity index (χ3n) is 3.75. The maximum atomic E-state index is 5.00. The Labute approximate surface area is 124 Å². The zero-order chi connectivity index (χ0) is 14.5. The minimum atomic E-state index is 0.708. The minimum absolute atomic E-state index is 0.708. The van der Waals surface area contributed by atoms with Gasteiger partial charge in [0.1, 0.15) is 6.33 Å². The summed E-state index contributed by atoms with van der Waals surface area (Å²) in [7, 11) is 1.70. The number of fused-ring (bicyclic) bond motifs is 1. The number of hydrogen-bond acceptors (Lipinski definition) is 5. The topological polar surface area (TPSA) is 64.9 Å². The fourth-order valence-electron chi connectivity index (χ4n) is 2.61. The summed E-state index contributed by atoms with van der Waals surface area (Å²) in [5.74, 6) is 0.714. The Morgan fingerprint density at radius 3 is 2.81 bits per heavy atom. The molecule has 1 aliphatic carbocycles. The molecule has 0 radical (unpaired) electrons. The van der Waals surface area contributed by atoms with Crippen molar-refractivity contribution in [1.82, 2.24) is 24.8 Å². The summed E-state index contributed by atoms with van der Waals surface area (Å²) in [5.41, 5.74) is 3.55. The minimum Gasteiger partial charge on any atom is -0.383 e. The second-order valence-electron chi connectivity index (χ2n) is 5.28. The quantitative estimate of drug-likeness (QED) is 0.811. The van der Waals surface area contributed by atoms with Crippen LogP contribution in [-0.2, 0) is 24.1 Å². The predicted molar refractivity (Wildman–Crippen MR) is 79.4 cm³/mol. The summed E-state index contributed by atoms with van der Waals surface area (Å²) in [6, 6.07) is 0. The van der Waals surface area contributed by atoms with Crippen LogP contribution in [0.5, 0.6) is 0 Å². The van der Waals surface area contributed by atoms with Gasteiger partial charge in [0.2, 0.25) is 5.95 Å². The Hall–Kier alpha value is -1.79. The lowest BCUT2D eigenvalue weighted by atomic mass is 10.0. The fraction of sp³-hybridized carbons (Fsp3) is 0.533. The van der Waals surface area contributed by atoms with Crippen molar-refractivity contribution in [3.05, 3.63) is 35.7 Å². The number of hydrogen-bond donors (Lipinski definition) is 1. The molecule has 0 amide bonds. The van der Waals surface area contributed by atoms with Gasteiger partial charge in [-0.1, -0.05) is 0 Å². The molecule has 0 saturated heterocycles. The number of aromatic nitrogens is 4. The van der Waals surface area contributed by atoms with Gasteiger partial charge in [-0.2, -0.15) is 0 Å². The van der Waals surface area contributed by atoms with Crippen LogP contribution in [0.3, 0.4) is 0 Å². The van der Waals surface area contributed by atoms with Gasteiger partial charge < -0.3 is 10.1 Å². The number of imidazole rings is 1. The van der Waals surface area contributed by atoms with Crippen molar-refractivity contribution in [3.8, 4) is 5.95 Å². The van der Waals surface area contributed by atoms with Gasteiger partial charge in [0, 0.05) is 43.9 Å². The van der Waals surface area contributed by atoms with Crippen molar-refractivity contribution in [3.63, 3.8) is 0 Å². The highest BCUT2D eigenvalue weighted by atomic mass is 16.5. The van der Waals surface area contributed by atoms with E-state index in [1.165, 1.54) is 24.2 Å². The number of nitrogens with one attached hydrogen (secondary N) is 1. The lowest BCUT2D eigenvalue weighted by Gasteiger charge is -2.13. The normalized spacial score (nSPS) is 14.1. The molecule has 6 heteroatoms. The van der Waals surface area contributed by atoms with Gasteiger partial charge in [-0.05, 0) is 25.7 Å². The van der Waals surface area contributed by atoms with E-state index in [0.717, 1.165) is 31.5 Å². The third-order valence-corrected chi connectivity index (χ3v) is 3.75. The van der Waals surface area contributed by atoms with Crippen LogP contribution in [0, 0.1) is 0 Å². The molecule has 2 aromatic rings. The first-order chi connectivity index (χ1) is 10.4. The first-order valence-corrected chi connectivity index (χ1v) is 7.44. The number of ether oxygens (including phenoxy) is 1. The van der Waals surface area contributed by atoms with Crippen molar-refractivity contribution in [2.24, 2.45) is 0 Å². The van der Waals surface area contributed by atoms with Crippen molar-refractivity contribution >= 4 is 0 Å². The largest absolute Gasteiger partial charge is 0.383 e. The first-order valence-electron chi connectivity index (χ1n) is 7.44. The van der Waals surface area contributed by atoms with Crippen LogP contribution in [0.4, 0.5) is 0 Å². The second kappa shape index (κ2) is 6.78. The number of methoxy groups -OCH3 is 1. The smallest absolute Gasteiger partial charge is 0.235 e. The van der Waals surface area contributed by atoms with E-state index in [-0.39, 0.29) is 0 Å². The SMILES string of the molecule is COCCNCc1cnc(-n2cnc3c2CCCC3)nc1. The van der Waals surface area contributed by atoms with E-state index in [4.69, 9.17) is 4.74 Å². The highest BCUT2D eigenvalue weighted by Crippen LogP contribution is 2.21. The summed E-state index contributed by atoms with van der Waals surface area (Å²) < 4.78 is 7.02. The van der Waals surface area contributed by atoms with Crippen LogP contribution in [-0.4, -0.2) is 39.8 Å². The molecule has 0 atom stereocenters. The summed E-state index contributed by atoms with van der Waals surface area (Å²) in [4.78, 5) is 13.4. The standard InChI is InChI=1S/C15H21N5O/c1-21-7-6-16-8-12-9-17-15(18-10-12)20-11-19-13-4-2-3-5-14(13)20/h9-11,16H,2-8H2,1H3. The zero-order valence-corrected chi connectivity index (χ0v) is 12.4. The van der Waals surface area contributed by atoms with Gasteiger partial charge in [0.15, 0.2) is 0 Å². The maximum Gasteiger partial charge on any atom is 0.235 e. The van der Waals surface area contributed by atoms with Gasteiger partial charge >= 0.3 is 0 Å². The third kappa shape index (κ3) is 3.28. The molecule has 0 aliphatic heterocycles. The Bertz CT molecular complexity index is 578. The second-order valence-corrected chi connectivity index (χ2v) is 5.28. The Kier molecular flexibility index (Phi) is 4.57. The van der Waals surface area contributed by atoms with E-state index in [1.54, 1.807) is 7.11 Å². The molecule has 0 unspecified atom stereocenters. The van der Waals surface area contributed by atoms with Crippen LogP contribution in [0.25, 0.3) is 5.95 Å². The highest BCUT2D eigenvalue weighted by molar-refractivity contribution is 5.25. The highest BCUT2D eigenvalue weighted by Gasteiger charge is 2.17. The van der Waals surface area contributed by atoms with E-state index in [1.807, 2.05) is 23.3 Å². The summed E-state index contributed by atoms with van der Waals surface area (Å²) in [5, 5.41) is 3.28. The van der Waals surface area contributed by atoms with Gasteiger partial charge in [-0.25, -0.2) is 15.0 Å². The zero-order valence-electron chi connectivity index (χ0n) is 12.4. The molecule has 2 aromatic heterocycles. The Morgan fingerprint density at radius 1 is 1.19 bits per heavy atom. The lowest BCUT2D eigenvalue weighted by Crippen LogP contribution is -2.19. The van der Waals surface area contributed by atoms with Crippen LogP contribution in [0.1, 0.15) is 29.8 Å². The summed E-state index contributed by atoms with van der Waals surface area (Å²) >= 11 is 0. The predicted octanol–water partition coefficient (Wildman–Crippen LogP) is 1.28. The average Bonchev–Trinajstić information content (AvgIpc) is 2.96. The van der Waals surface area contributed by atoms with E-state index >= 15 is 0 Å². The molecule has 112 valence electrons. The van der Waals surface area contributed by atoms with Crippen LogP contribution in [0.15, 0.2) is 18.7 Å². The molecule has 2 heterocycles. The van der Waals surface area contributed by atoms with Crippen LogP contribution < -0.4 is 5.32 Å². The Balaban J connectivity index is 1.68. The molecule has 0 fully saturated rings. The molecular formula is C15H21N5O. The van der Waals surface area contributed by atoms with Gasteiger partial charge in [0.05, 0.1) is 12.3 Å². The van der Waals surface area contributed by atoms with Crippen molar-refractivity contribution in [2.45, 2.75) is 32.2 Å². The van der Waals surface area contributed by atoms with E-state index in [0.29, 0.717) is 12.6 Å². The van der Waals surface area contributed by atoms with E-state index < -0.39 is 0 Å². The molecule has 0 bridgehead atoms. The lowest BCUT2D eigenvalue weighted by molar-refractivity contribution is 0.199. The van der Waals surface area contributed by atoms with E-state index in [2.05, 4.69) is 20.3 Å². The van der Waals surface area contributed by atoms with Gasteiger partial charge in [-0.3, -0.25) is 4.57 Å². The Morgan fingerprint density at radius 2 is 2.00 bits per heavy atom. The summed E-state index contributed by atoms with van der Waals surface area (Å²) in [6.07, 6.45) is 10.2. The van der Waals surface area contributed by atoms with Crippen LogP contribution in [0.2, 0.25) is 0 Å². The summed E-state index contributed by atoms with van der Waals surface area (Å²) in [6.45, 7) is 2.29. The fourth-order valence-corrected chi connectivity index (χ4v) is 2.61. The molecule has 3 rings (SSSR count). The molecule has 0 saturated carbocycles. The molecule has 0 aromatic carbocycles. The van der Waals surface area contributed by atoms with E-state index in [9.17, 15) is 0 Å². The first kappa shape index (κ1) is 14.2. The molecule has 1 aliphatic rings.